The van der Waals surface area contributed by atoms with E-state index in [9.17, 15) is 4.79 Å². The van der Waals surface area contributed by atoms with Gasteiger partial charge in [-0.05, 0) is 56.5 Å². The van der Waals surface area contributed by atoms with Crippen LogP contribution in [0.3, 0.4) is 0 Å². The highest BCUT2D eigenvalue weighted by Crippen LogP contribution is 2.15. The molecule has 1 heterocycles. The number of nitrogens with one attached hydrogen (secondary N) is 2. The quantitative estimate of drug-likeness (QED) is 0.838. The molecule has 0 bridgehead atoms. The second-order valence-corrected chi connectivity index (χ2v) is 5.30. The number of amides is 1. The van der Waals surface area contributed by atoms with Crippen molar-refractivity contribution < 1.29 is 4.79 Å². The molecule has 1 aliphatic heterocycles. The average Bonchev–Trinajstić information content (AvgIpc) is 2.35. The summed E-state index contributed by atoms with van der Waals surface area (Å²) in [4.78, 5) is 12.3. The first-order chi connectivity index (χ1) is 8.59. The van der Waals surface area contributed by atoms with Crippen molar-refractivity contribution in [3.05, 3.63) is 34.9 Å². The third kappa shape index (κ3) is 2.72. The minimum absolute atomic E-state index is 0.0648. The third-order valence-corrected chi connectivity index (χ3v) is 3.95. The minimum Gasteiger partial charge on any atom is -0.349 e. The molecule has 0 saturated carbocycles. The van der Waals surface area contributed by atoms with E-state index < -0.39 is 0 Å². The van der Waals surface area contributed by atoms with Crippen molar-refractivity contribution in [2.75, 3.05) is 13.1 Å². The smallest absolute Gasteiger partial charge is 0.251 e. The highest BCUT2D eigenvalue weighted by atomic mass is 16.1. The average molecular weight is 246 g/mol. The lowest BCUT2D eigenvalue weighted by molar-refractivity contribution is 0.0913. The fourth-order valence-electron chi connectivity index (χ4n) is 2.47. The molecule has 0 aliphatic carbocycles. The van der Waals surface area contributed by atoms with Crippen molar-refractivity contribution >= 4 is 5.91 Å². The number of hydrogen-bond donors (Lipinski definition) is 2. The van der Waals surface area contributed by atoms with E-state index in [1.54, 1.807) is 0 Å². The highest BCUT2D eigenvalue weighted by Gasteiger charge is 2.23. The monoisotopic (exact) mass is 246 g/mol. The molecule has 2 N–H and O–H groups in total. The van der Waals surface area contributed by atoms with Crippen molar-refractivity contribution in [1.82, 2.24) is 10.6 Å². The summed E-state index contributed by atoms with van der Waals surface area (Å²) in [6, 6.07) is 6.19. The van der Waals surface area contributed by atoms with Crippen molar-refractivity contribution in [2.24, 2.45) is 5.92 Å². The van der Waals surface area contributed by atoms with Crippen LogP contribution in [-0.4, -0.2) is 25.0 Å². The molecule has 0 radical (unpaired) electrons. The maximum atomic E-state index is 12.3. The van der Waals surface area contributed by atoms with Crippen molar-refractivity contribution in [2.45, 2.75) is 33.2 Å². The summed E-state index contributed by atoms with van der Waals surface area (Å²) in [6.45, 7) is 8.20. The van der Waals surface area contributed by atoms with E-state index in [1.807, 2.05) is 32.0 Å². The van der Waals surface area contributed by atoms with Crippen LogP contribution in [0.15, 0.2) is 18.2 Å². The van der Waals surface area contributed by atoms with Crippen molar-refractivity contribution in [3.8, 4) is 0 Å². The predicted octanol–water partition coefficient (Wildman–Crippen LogP) is 2.03. The Balaban J connectivity index is 2.09. The lowest BCUT2D eigenvalue weighted by Gasteiger charge is -2.30. The molecule has 3 heteroatoms. The van der Waals surface area contributed by atoms with Gasteiger partial charge >= 0.3 is 0 Å². The Morgan fingerprint density at radius 3 is 2.89 bits per heavy atom. The fourth-order valence-corrected chi connectivity index (χ4v) is 2.47. The van der Waals surface area contributed by atoms with Gasteiger partial charge in [0.15, 0.2) is 0 Å². The first-order valence-corrected chi connectivity index (χ1v) is 6.67. The SMILES string of the molecule is Cc1cccc(C(=O)N[C@@H]2CCNC[C@@H]2C)c1C. The summed E-state index contributed by atoms with van der Waals surface area (Å²) in [6.07, 6.45) is 1.01. The summed E-state index contributed by atoms with van der Waals surface area (Å²) in [5.41, 5.74) is 3.05. The predicted molar refractivity (Wildman–Crippen MR) is 73.8 cm³/mol. The Bertz CT molecular complexity index is 442. The van der Waals surface area contributed by atoms with Crippen LogP contribution in [-0.2, 0) is 0 Å². The van der Waals surface area contributed by atoms with Crippen molar-refractivity contribution in [3.63, 3.8) is 0 Å². The Kier molecular flexibility index (Phi) is 4.02. The molecule has 1 fully saturated rings. The Labute approximate surface area is 109 Å². The molecule has 18 heavy (non-hydrogen) atoms. The van der Waals surface area contributed by atoms with Crippen LogP contribution < -0.4 is 10.6 Å². The molecule has 98 valence electrons. The van der Waals surface area contributed by atoms with Crippen LogP contribution in [0.5, 0.6) is 0 Å². The van der Waals surface area contributed by atoms with Crippen LogP contribution in [0.1, 0.15) is 34.8 Å². The number of carbonyl (C=O) groups is 1. The molecule has 0 spiro atoms. The molecule has 3 nitrogen and oxygen atoms in total. The Morgan fingerprint density at radius 1 is 1.39 bits per heavy atom. The van der Waals surface area contributed by atoms with E-state index in [2.05, 4.69) is 17.6 Å². The normalized spacial score (nSPS) is 23.7. The Hall–Kier alpha value is -1.35. The zero-order valence-corrected chi connectivity index (χ0v) is 11.4. The molecule has 2 atom stereocenters. The number of aryl methyl sites for hydroxylation is 1. The summed E-state index contributed by atoms with van der Waals surface area (Å²) < 4.78 is 0. The van der Waals surface area contributed by atoms with Crippen LogP contribution in [0.25, 0.3) is 0 Å². The van der Waals surface area contributed by atoms with Crippen LogP contribution in [0, 0.1) is 19.8 Å². The van der Waals surface area contributed by atoms with Gasteiger partial charge in [-0.15, -0.1) is 0 Å². The lowest BCUT2D eigenvalue weighted by Crippen LogP contribution is -2.48. The second-order valence-electron chi connectivity index (χ2n) is 5.30. The molecular weight excluding hydrogens is 224 g/mol. The molecule has 1 saturated heterocycles. The second kappa shape index (κ2) is 5.53. The molecule has 1 amide bonds. The van der Waals surface area contributed by atoms with Gasteiger partial charge in [0.2, 0.25) is 0 Å². The van der Waals surface area contributed by atoms with Gasteiger partial charge in [0.05, 0.1) is 0 Å². The van der Waals surface area contributed by atoms with Gasteiger partial charge in [0.1, 0.15) is 0 Å². The van der Waals surface area contributed by atoms with E-state index in [-0.39, 0.29) is 5.91 Å². The zero-order chi connectivity index (χ0) is 13.1. The number of benzene rings is 1. The van der Waals surface area contributed by atoms with E-state index in [1.165, 1.54) is 5.56 Å². The highest BCUT2D eigenvalue weighted by molar-refractivity contribution is 5.96. The third-order valence-electron chi connectivity index (χ3n) is 3.95. The molecule has 0 unspecified atom stereocenters. The summed E-state index contributed by atoms with van der Waals surface area (Å²) in [7, 11) is 0. The minimum atomic E-state index is 0.0648. The largest absolute Gasteiger partial charge is 0.349 e. The Morgan fingerprint density at radius 2 is 2.17 bits per heavy atom. The van der Waals surface area contributed by atoms with E-state index in [4.69, 9.17) is 0 Å². The summed E-state index contributed by atoms with van der Waals surface area (Å²) in [5, 5.41) is 6.52. The van der Waals surface area contributed by atoms with Gasteiger partial charge in [-0.2, -0.15) is 0 Å². The molecule has 2 rings (SSSR count). The van der Waals surface area contributed by atoms with Gasteiger partial charge in [-0.25, -0.2) is 0 Å². The first kappa shape index (κ1) is 13.1. The van der Waals surface area contributed by atoms with E-state index in [0.717, 1.165) is 30.6 Å². The van der Waals surface area contributed by atoms with Gasteiger partial charge in [-0.3, -0.25) is 4.79 Å². The molecule has 1 aromatic rings. The number of hydrogen-bond acceptors (Lipinski definition) is 2. The summed E-state index contributed by atoms with van der Waals surface area (Å²) in [5.74, 6) is 0.558. The molecule has 1 aliphatic rings. The molecular formula is C15H22N2O. The first-order valence-electron chi connectivity index (χ1n) is 6.67. The van der Waals surface area contributed by atoms with Crippen LogP contribution in [0.2, 0.25) is 0 Å². The number of rotatable bonds is 2. The van der Waals surface area contributed by atoms with Crippen molar-refractivity contribution in [1.29, 1.82) is 0 Å². The van der Waals surface area contributed by atoms with E-state index >= 15 is 0 Å². The van der Waals surface area contributed by atoms with Crippen LogP contribution >= 0.6 is 0 Å². The molecule has 1 aromatic carbocycles. The summed E-state index contributed by atoms with van der Waals surface area (Å²) >= 11 is 0. The fraction of sp³-hybridized carbons (Fsp3) is 0.533. The van der Waals surface area contributed by atoms with Gasteiger partial charge in [0, 0.05) is 11.6 Å². The maximum Gasteiger partial charge on any atom is 0.251 e. The number of piperidine rings is 1. The maximum absolute atomic E-state index is 12.3. The van der Waals surface area contributed by atoms with Gasteiger partial charge in [-0.1, -0.05) is 19.1 Å². The van der Waals surface area contributed by atoms with E-state index in [0.29, 0.717) is 12.0 Å². The standard InChI is InChI=1S/C15H22N2O/c1-10-5-4-6-13(12(10)3)15(18)17-14-7-8-16-9-11(14)2/h4-6,11,14,16H,7-9H2,1-3H3,(H,17,18)/t11-,14+/m0/s1. The van der Waals surface area contributed by atoms with Gasteiger partial charge < -0.3 is 10.6 Å². The van der Waals surface area contributed by atoms with Crippen LogP contribution in [0.4, 0.5) is 0 Å². The topological polar surface area (TPSA) is 41.1 Å². The lowest BCUT2D eigenvalue weighted by atomic mass is 9.94. The van der Waals surface area contributed by atoms with Gasteiger partial charge in [0.25, 0.3) is 5.91 Å². The number of carbonyl (C=O) groups excluding carboxylic acids is 1. The molecule has 0 aromatic heterocycles. The zero-order valence-electron chi connectivity index (χ0n) is 11.4.